The second-order valence-corrected chi connectivity index (χ2v) is 4.42. The molecule has 1 aromatic rings. The highest BCUT2D eigenvalue weighted by atomic mass is 16.2. The predicted octanol–water partition coefficient (Wildman–Crippen LogP) is 0.192. The van der Waals surface area contributed by atoms with E-state index in [1.54, 1.807) is 13.8 Å². The summed E-state index contributed by atoms with van der Waals surface area (Å²) < 4.78 is 0. The molecule has 8 heteroatoms. The van der Waals surface area contributed by atoms with Crippen LogP contribution in [0.4, 0.5) is 0 Å². The van der Waals surface area contributed by atoms with E-state index in [2.05, 4.69) is 0 Å². The minimum atomic E-state index is -0.680. The predicted molar refractivity (Wildman–Crippen MR) is 77.8 cm³/mol. The average molecular weight is 306 g/mol. The second kappa shape index (κ2) is 7.43. The molecule has 0 unspecified atom stereocenters. The first kappa shape index (κ1) is 17.5. The average Bonchev–Trinajstić information content (AvgIpc) is 2.57. The summed E-state index contributed by atoms with van der Waals surface area (Å²) in [6.07, 6.45) is 0.195. The molecule has 1 aromatic carbocycles. The number of hydrogen-bond acceptors (Lipinski definition) is 6. The van der Waals surface area contributed by atoms with E-state index in [9.17, 15) is 19.2 Å². The molecule has 0 atom stereocenters. The van der Waals surface area contributed by atoms with Crippen molar-refractivity contribution in [2.75, 3.05) is 0 Å². The zero-order valence-corrected chi connectivity index (χ0v) is 12.4. The van der Waals surface area contributed by atoms with Crippen LogP contribution in [-0.2, 0) is 9.59 Å². The van der Waals surface area contributed by atoms with Crippen LogP contribution < -0.4 is 11.7 Å². The molecule has 22 heavy (non-hydrogen) atoms. The molecule has 0 aliphatic heterocycles. The van der Waals surface area contributed by atoms with E-state index in [4.69, 9.17) is 11.7 Å². The Kier molecular flexibility index (Phi) is 5.90. The fraction of sp³-hybridized carbons (Fsp3) is 0.286. The van der Waals surface area contributed by atoms with Gasteiger partial charge in [0.1, 0.15) is 0 Å². The monoisotopic (exact) mass is 306 g/mol. The maximum Gasteiger partial charge on any atom is 0.274 e. The van der Waals surface area contributed by atoms with Crippen LogP contribution in [-0.4, -0.2) is 33.6 Å². The Morgan fingerprint density at radius 3 is 1.27 bits per heavy atom. The Hall–Kier alpha value is -2.58. The molecule has 0 spiro atoms. The van der Waals surface area contributed by atoms with Crippen molar-refractivity contribution in [2.24, 2.45) is 11.7 Å². The molecule has 0 heterocycles. The van der Waals surface area contributed by atoms with Crippen molar-refractivity contribution in [1.29, 1.82) is 0 Å². The van der Waals surface area contributed by atoms with Gasteiger partial charge in [-0.1, -0.05) is 13.8 Å². The third-order valence-electron chi connectivity index (χ3n) is 2.96. The summed E-state index contributed by atoms with van der Waals surface area (Å²) in [7, 11) is 0. The van der Waals surface area contributed by atoms with Gasteiger partial charge in [0.15, 0.2) is 0 Å². The molecule has 1 rings (SSSR count). The van der Waals surface area contributed by atoms with Crippen molar-refractivity contribution >= 4 is 23.6 Å². The van der Waals surface area contributed by atoms with Gasteiger partial charge in [-0.05, 0) is 24.3 Å². The summed E-state index contributed by atoms with van der Waals surface area (Å²) in [6, 6.07) is 5.34. The topological polar surface area (TPSA) is 127 Å². The summed E-state index contributed by atoms with van der Waals surface area (Å²) in [5.74, 6) is 8.40. The van der Waals surface area contributed by atoms with Gasteiger partial charge < -0.3 is 0 Å². The summed E-state index contributed by atoms with van der Waals surface area (Å²) in [5.41, 5.74) is 0.289. The molecular weight excluding hydrogens is 288 g/mol. The van der Waals surface area contributed by atoms with Crippen molar-refractivity contribution in [1.82, 2.24) is 10.0 Å². The molecule has 0 saturated carbocycles. The summed E-state index contributed by atoms with van der Waals surface area (Å²) in [4.78, 5) is 46.6. The molecule has 0 aliphatic rings. The number of amides is 4. The van der Waals surface area contributed by atoms with E-state index in [-0.39, 0.29) is 24.0 Å². The van der Waals surface area contributed by atoms with Gasteiger partial charge >= 0.3 is 0 Å². The Morgan fingerprint density at radius 1 is 0.773 bits per heavy atom. The number of hydrogen-bond donors (Lipinski definition) is 2. The molecule has 4 N–H and O–H groups in total. The van der Waals surface area contributed by atoms with Gasteiger partial charge in [0.2, 0.25) is 11.8 Å². The number of carbonyl (C=O) groups excluding carboxylic acids is 4. The lowest BCUT2D eigenvalue weighted by Gasteiger charge is -2.15. The minimum absolute atomic E-state index is 0.0973. The molecule has 0 aliphatic carbocycles. The maximum atomic E-state index is 11.9. The Bertz CT molecular complexity index is 544. The Morgan fingerprint density at radius 2 is 1.05 bits per heavy atom. The van der Waals surface area contributed by atoms with Crippen LogP contribution >= 0.6 is 0 Å². The van der Waals surface area contributed by atoms with Crippen LogP contribution in [0.5, 0.6) is 0 Å². The van der Waals surface area contributed by atoms with Crippen molar-refractivity contribution in [3.8, 4) is 0 Å². The third kappa shape index (κ3) is 3.74. The van der Waals surface area contributed by atoms with E-state index in [0.29, 0.717) is 10.0 Å². The number of benzene rings is 1. The quantitative estimate of drug-likeness (QED) is 0.464. The van der Waals surface area contributed by atoms with E-state index >= 15 is 0 Å². The van der Waals surface area contributed by atoms with E-state index in [0.717, 1.165) is 0 Å². The minimum Gasteiger partial charge on any atom is -0.273 e. The van der Waals surface area contributed by atoms with Crippen molar-refractivity contribution < 1.29 is 19.2 Å². The second-order valence-electron chi connectivity index (χ2n) is 4.42. The van der Waals surface area contributed by atoms with Gasteiger partial charge in [-0.25, -0.2) is 21.7 Å². The van der Waals surface area contributed by atoms with Gasteiger partial charge in [0, 0.05) is 24.0 Å². The molecule has 0 fully saturated rings. The lowest BCUT2D eigenvalue weighted by molar-refractivity contribution is -0.129. The lowest BCUT2D eigenvalue weighted by Crippen LogP contribution is -2.42. The van der Waals surface area contributed by atoms with E-state index in [1.807, 2.05) is 0 Å². The Labute approximate surface area is 127 Å². The van der Waals surface area contributed by atoms with Crippen molar-refractivity contribution in [3.63, 3.8) is 0 Å². The third-order valence-corrected chi connectivity index (χ3v) is 2.96. The van der Waals surface area contributed by atoms with Crippen LogP contribution in [0.1, 0.15) is 47.4 Å². The number of nitrogens with zero attached hydrogens (tertiary/aromatic N) is 2. The summed E-state index contributed by atoms with van der Waals surface area (Å²) in [6.45, 7) is 3.16. The van der Waals surface area contributed by atoms with Crippen LogP contribution in [0.25, 0.3) is 0 Å². The fourth-order valence-corrected chi connectivity index (χ4v) is 1.60. The Balaban J connectivity index is 2.91. The highest BCUT2D eigenvalue weighted by Crippen LogP contribution is 2.09. The standard InChI is InChI=1S/C14H18N4O4/c1-3-11(19)17(15)13(21)9-5-7-10(8-6-9)14(22)18(16)12(20)4-2/h5-8H,3-4,15-16H2,1-2H3. The molecule has 0 bridgehead atoms. The molecule has 0 radical (unpaired) electrons. The molecule has 118 valence electrons. The van der Waals surface area contributed by atoms with E-state index in [1.165, 1.54) is 24.3 Å². The molecule has 8 nitrogen and oxygen atoms in total. The summed E-state index contributed by atoms with van der Waals surface area (Å²) in [5, 5.41) is 1.04. The van der Waals surface area contributed by atoms with Crippen molar-refractivity contribution in [3.05, 3.63) is 35.4 Å². The van der Waals surface area contributed by atoms with Gasteiger partial charge in [0.05, 0.1) is 0 Å². The molecule has 4 amide bonds. The van der Waals surface area contributed by atoms with Crippen LogP contribution in [0, 0.1) is 0 Å². The number of rotatable bonds is 4. The normalized spacial score (nSPS) is 10.0. The maximum absolute atomic E-state index is 11.9. The van der Waals surface area contributed by atoms with Crippen molar-refractivity contribution in [2.45, 2.75) is 26.7 Å². The molecule has 0 saturated heterocycles. The number of hydrazine groups is 2. The van der Waals surface area contributed by atoms with Crippen LogP contribution in [0.15, 0.2) is 24.3 Å². The smallest absolute Gasteiger partial charge is 0.273 e. The number of carbonyl (C=O) groups is 4. The van der Waals surface area contributed by atoms with Crippen LogP contribution in [0.3, 0.4) is 0 Å². The van der Waals surface area contributed by atoms with Crippen LogP contribution in [0.2, 0.25) is 0 Å². The largest absolute Gasteiger partial charge is 0.274 e. The first-order chi connectivity index (χ1) is 10.3. The molecular formula is C14H18N4O4. The SMILES string of the molecule is CCC(=O)N(N)C(=O)c1ccc(C(=O)N(N)C(=O)CC)cc1. The fourth-order valence-electron chi connectivity index (χ4n) is 1.60. The first-order valence-corrected chi connectivity index (χ1v) is 6.67. The number of imide groups is 2. The van der Waals surface area contributed by atoms with Gasteiger partial charge in [-0.3, -0.25) is 19.2 Å². The first-order valence-electron chi connectivity index (χ1n) is 6.67. The van der Waals surface area contributed by atoms with Gasteiger partial charge in [0.25, 0.3) is 11.8 Å². The molecule has 0 aromatic heterocycles. The lowest BCUT2D eigenvalue weighted by atomic mass is 10.1. The highest BCUT2D eigenvalue weighted by Gasteiger charge is 2.20. The summed E-state index contributed by atoms with van der Waals surface area (Å²) >= 11 is 0. The number of nitrogens with two attached hydrogens (primary N) is 2. The zero-order chi connectivity index (χ0) is 16.9. The zero-order valence-electron chi connectivity index (χ0n) is 12.4. The van der Waals surface area contributed by atoms with Gasteiger partial charge in [-0.15, -0.1) is 0 Å². The van der Waals surface area contributed by atoms with E-state index < -0.39 is 23.6 Å². The van der Waals surface area contributed by atoms with Gasteiger partial charge in [-0.2, -0.15) is 0 Å². The highest BCUT2D eigenvalue weighted by molar-refractivity contribution is 6.06.